The van der Waals surface area contributed by atoms with Gasteiger partial charge in [0, 0.05) is 6.54 Å². The third-order valence-corrected chi connectivity index (χ3v) is 5.22. The second-order valence-electron chi connectivity index (χ2n) is 5.41. The van der Waals surface area contributed by atoms with E-state index >= 15 is 0 Å². The normalized spacial score (nSPS) is 10.9. The largest absolute Gasteiger partial charge is 0.320 e. The number of aromatic nitrogens is 2. The lowest BCUT2D eigenvalue weighted by molar-refractivity contribution is 0.103. The molecule has 3 rings (SSSR count). The number of hydrogen-bond donors (Lipinski definition) is 1. The van der Waals surface area contributed by atoms with Gasteiger partial charge in [-0.2, -0.15) is 5.10 Å². The summed E-state index contributed by atoms with van der Waals surface area (Å²) in [7, 11) is 0. The van der Waals surface area contributed by atoms with E-state index in [9.17, 15) is 9.18 Å². The number of anilines is 1. The Labute approximate surface area is 154 Å². The number of para-hydroxylation sites is 1. The van der Waals surface area contributed by atoms with E-state index in [2.05, 4.69) is 10.4 Å². The van der Waals surface area contributed by atoms with Crippen LogP contribution in [-0.4, -0.2) is 15.7 Å². The van der Waals surface area contributed by atoms with Crippen LogP contribution in [0.5, 0.6) is 0 Å². The van der Waals surface area contributed by atoms with E-state index in [-0.39, 0.29) is 10.8 Å². The van der Waals surface area contributed by atoms with Crippen LogP contribution in [0.3, 0.4) is 0 Å². The fourth-order valence-corrected chi connectivity index (χ4v) is 3.60. The minimum atomic E-state index is -0.424. The van der Waals surface area contributed by atoms with Crippen LogP contribution in [0.2, 0.25) is 5.02 Å². The van der Waals surface area contributed by atoms with Crippen molar-refractivity contribution in [3.8, 4) is 10.6 Å². The molecule has 0 unspecified atom stereocenters. The molecule has 0 aliphatic heterocycles. The molecule has 0 fully saturated rings. The Balaban J connectivity index is 1.91. The van der Waals surface area contributed by atoms with Crippen molar-refractivity contribution in [3.63, 3.8) is 0 Å². The predicted octanol–water partition coefficient (Wildman–Crippen LogP) is 5.24. The van der Waals surface area contributed by atoms with Gasteiger partial charge in [0.2, 0.25) is 0 Å². The summed E-state index contributed by atoms with van der Waals surface area (Å²) in [5.41, 5.74) is 2.08. The summed E-state index contributed by atoms with van der Waals surface area (Å²) in [5.74, 6) is -0.812. The molecule has 3 aromatic rings. The Morgan fingerprint density at radius 1 is 1.32 bits per heavy atom. The smallest absolute Gasteiger partial charge is 0.265 e. The van der Waals surface area contributed by atoms with Crippen molar-refractivity contribution in [2.75, 3.05) is 5.32 Å². The average molecular weight is 378 g/mol. The number of amides is 1. The zero-order valence-electron chi connectivity index (χ0n) is 13.8. The first-order chi connectivity index (χ1) is 12.0. The fourth-order valence-electron chi connectivity index (χ4n) is 2.47. The van der Waals surface area contributed by atoms with Crippen molar-refractivity contribution in [2.45, 2.75) is 26.8 Å². The lowest BCUT2D eigenvalue weighted by Gasteiger charge is -2.05. The topological polar surface area (TPSA) is 46.9 Å². The molecular weight excluding hydrogens is 361 g/mol. The molecule has 1 aromatic carbocycles. The van der Waals surface area contributed by atoms with Crippen LogP contribution in [0, 0.1) is 5.82 Å². The number of thiophene rings is 1. The molecule has 4 nitrogen and oxygen atoms in total. The van der Waals surface area contributed by atoms with Crippen LogP contribution in [0.15, 0.2) is 36.4 Å². The Kier molecular flexibility index (Phi) is 5.20. The summed E-state index contributed by atoms with van der Waals surface area (Å²) in [4.78, 5) is 13.1. The monoisotopic (exact) mass is 377 g/mol. The van der Waals surface area contributed by atoms with Gasteiger partial charge in [-0.25, -0.2) is 4.39 Å². The average Bonchev–Trinajstić information content (AvgIpc) is 3.19. The third kappa shape index (κ3) is 3.60. The van der Waals surface area contributed by atoms with Crippen molar-refractivity contribution in [2.24, 2.45) is 0 Å². The molecule has 0 atom stereocenters. The van der Waals surface area contributed by atoms with Gasteiger partial charge in [0.25, 0.3) is 5.91 Å². The second kappa shape index (κ2) is 7.37. The van der Waals surface area contributed by atoms with Gasteiger partial charge < -0.3 is 5.32 Å². The zero-order chi connectivity index (χ0) is 18.0. The van der Waals surface area contributed by atoms with E-state index in [0.717, 1.165) is 23.5 Å². The minimum absolute atomic E-state index is 0.286. The molecule has 1 N–H and O–H groups in total. The maximum atomic E-state index is 14.5. The van der Waals surface area contributed by atoms with Gasteiger partial charge in [0.1, 0.15) is 5.82 Å². The molecule has 7 heteroatoms. The van der Waals surface area contributed by atoms with Crippen LogP contribution in [0.25, 0.3) is 10.6 Å². The first-order valence-corrected chi connectivity index (χ1v) is 9.15. The number of aryl methyl sites for hydroxylation is 2. The van der Waals surface area contributed by atoms with Crippen molar-refractivity contribution in [3.05, 3.63) is 57.8 Å². The molecule has 0 saturated carbocycles. The molecule has 2 aromatic heterocycles. The van der Waals surface area contributed by atoms with Crippen molar-refractivity contribution in [1.82, 2.24) is 9.78 Å². The number of carbonyl (C=O) groups excluding carboxylic acids is 1. The Morgan fingerprint density at radius 3 is 2.76 bits per heavy atom. The summed E-state index contributed by atoms with van der Waals surface area (Å²) in [6.45, 7) is 4.58. The van der Waals surface area contributed by atoms with Gasteiger partial charge in [-0.15, -0.1) is 11.3 Å². The second-order valence-corrected chi connectivity index (χ2v) is 6.87. The highest BCUT2D eigenvalue weighted by Crippen LogP contribution is 2.33. The molecule has 0 aliphatic rings. The summed E-state index contributed by atoms with van der Waals surface area (Å²) in [6, 6.07) is 10.1. The molecule has 2 heterocycles. The third-order valence-electron chi connectivity index (χ3n) is 3.76. The van der Waals surface area contributed by atoms with Gasteiger partial charge in [-0.05, 0) is 37.6 Å². The number of carbonyl (C=O) groups is 1. The Bertz CT molecular complexity index is 919. The van der Waals surface area contributed by atoms with Crippen molar-refractivity contribution >= 4 is 34.5 Å². The predicted molar refractivity (Wildman–Crippen MR) is 100.0 cm³/mol. The van der Waals surface area contributed by atoms with Crippen LogP contribution < -0.4 is 5.32 Å². The maximum Gasteiger partial charge on any atom is 0.265 e. The number of benzene rings is 1. The molecule has 130 valence electrons. The number of nitrogens with zero attached hydrogens (tertiary/aromatic N) is 2. The van der Waals surface area contributed by atoms with E-state index in [0.29, 0.717) is 27.8 Å². The van der Waals surface area contributed by atoms with Crippen LogP contribution in [0.1, 0.15) is 29.2 Å². The highest BCUT2D eigenvalue weighted by atomic mass is 35.5. The van der Waals surface area contributed by atoms with Crippen LogP contribution in [-0.2, 0) is 13.0 Å². The molecule has 1 amide bonds. The van der Waals surface area contributed by atoms with Gasteiger partial charge in [-0.3, -0.25) is 9.48 Å². The Hall–Kier alpha value is -2.18. The van der Waals surface area contributed by atoms with Crippen molar-refractivity contribution in [1.29, 1.82) is 0 Å². The minimum Gasteiger partial charge on any atom is -0.320 e. The molecule has 0 spiro atoms. The van der Waals surface area contributed by atoms with Crippen LogP contribution >= 0.6 is 22.9 Å². The summed E-state index contributed by atoms with van der Waals surface area (Å²) < 4.78 is 16.2. The van der Waals surface area contributed by atoms with Gasteiger partial charge in [0.05, 0.1) is 31.9 Å². The molecule has 0 bridgehead atoms. The van der Waals surface area contributed by atoms with Gasteiger partial charge in [0.15, 0.2) is 0 Å². The number of rotatable bonds is 5. The summed E-state index contributed by atoms with van der Waals surface area (Å²) >= 11 is 7.16. The highest BCUT2D eigenvalue weighted by Gasteiger charge is 2.20. The van der Waals surface area contributed by atoms with Crippen molar-refractivity contribution < 1.29 is 9.18 Å². The Morgan fingerprint density at radius 2 is 2.08 bits per heavy atom. The first kappa shape index (κ1) is 17.6. The van der Waals surface area contributed by atoms with E-state index in [1.807, 2.05) is 19.9 Å². The van der Waals surface area contributed by atoms with Gasteiger partial charge >= 0.3 is 0 Å². The van der Waals surface area contributed by atoms with E-state index in [4.69, 9.17) is 11.6 Å². The fraction of sp³-hybridized carbons (Fsp3) is 0.222. The number of hydrogen-bond acceptors (Lipinski definition) is 3. The van der Waals surface area contributed by atoms with E-state index < -0.39 is 5.82 Å². The highest BCUT2D eigenvalue weighted by molar-refractivity contribution is 7.17. The summed E-state index contributed by atoms with van der Waals surface area (Å²) in [5, 5.41) is 7.59. The lowest BCUT2D eigenvalue weighted by Crippen LogP contribution is -2.10. The SMILES string of the molecule is CCc1cc(-c2sc(C(=O)Nc3ccccc3Cl)cc2F)n(CC)n1. The molecule has 0 saturated heterocycles. The number of nitrogens with one attached hydrogen (secondary N) is 1. The zero-order valence-corrected chi connectivity index (χ0v) is 15.4. The van der Waals surface area contributed by atoms with E-state index in [1.54, 1.807) is 28.9 Å². The van der Waals surface area contributed by atoms with Crippen LogP contribution in [0.4, 0.5) is 10.1 Å². The molecular formula is C18H17ClFN3OS. The lowest BCUT2D eigenvalue weighted by atomic mass is 10.2. The first-order valence-electron chi connectivity index (χ1n) is 7.95. The standard InChI is InChI=1S/C18H17ClFN3OS/c1-3-11-9-15(23(4-2)22-11)17-13(20)10-16(25-17)18(24)21-14-8-6-5-7-12(14)19/h5-10H,3-4H2,1-2H3,(H,21,24). The maximum absolute atomic E-state index is 14.5. The van der Waals surface area contributed by atoms with Gasteiger partial charge in [-0.1, -0.05) is 30.7 Å². The number of halogens is 2. The molecule has 0 aliphatic carbocycles. The summed E-state index contributed by atoms with van der Waals surface area (Å²) in [6.07, 6.45) is 0.771. The van der Waals surface area contributed by atoms with E-state index in [1.165, 1.54) is 6.07 Å². The quantitative estimate of drug-likeness (QED) is 0.661. The molecule has 0 radical (unpaired) electrons. The molecule has 25 heavy (non-hydrogen) atoms.